The molecule has 8 fully saturated rings. The Morgan fingerprint density at radius 1 is 0.845 bits per heavy atom. The molecule has 20 nitrogen and oxygen atoms in total. The summed E-state index contributed by atoms with van der Waals surface area (Å²) in [5.41, 5.74) is 10.3. The van der Waals surface area contributed by atoms with Crippen LogP contribution >= 0.6 is 22.7 Å². The summed E-state index contributed by atoms with van der Waals surface area (Å²) in [4.78, 5) is 82.1. The van der Waals surface area contributed by atoms with Crippen LogP contribution in [0, 0.1) is 53.8 Å². The van der Waals surface area contributed by atoms with Crippen LogP contribution in [0.5, 0.6) is 0 Å². The summed E-state index contributed by atoms with van der Waals surface area (Å²) < 4.78 is 10.5. The zero-order valence-electron chi connectivity index (χ0n) is 57.8. The van der Waals surface area contributed by atoms with Crippen LogP contribution in [0.3, 0.4) is 0 Å². The summed E-state index contributed by atoms with van der Waals surface area (Å²) in [7, 11) is 0. The number of ether oxygens (including phenoxy) is 1. The maximum Gasteiger partial charge on any atom is 0.273 e. The fourth-order valence-electron chi connectivity index (χ4n) is 19.8. The van der Waals surface area contributed by atoms with Crippen LogP contribution < -0.4 is 20.9 Å². The van der Waals surface area contributed by atoms with E-state index in [4.69, 9.17) is 30.0 Å². The van der Waals surface area contributed by atoms with Gasteiger partial charge < -0.3 is 45.4 Å². The number of hydrogen-bond acceptors (Lipinski definition) is 17. The van der Waals surface area contributed by atoms with Gasteiger partial charge in [0, 0.05) is 85.5 Å². The van der Waals surface area contributed by atoms with Gasteiger partial charge in [0.2, 0.25) is 17.7 Å². The van der Waals surface area contributed by atoms with Crippen LogP contribution in [0.4, 0.5) is 22.6 Å². The van der Waals surface area contributed by atoms with E-state index >= 15 is 4.79 Å². The number of aliphatic hydroxyl groups excluding tert-OH is 1. The standard InChI is InChI=1S/C75H94N14O6S2/c1-45-53-15-14-26-87(65(53)84-83-64(45)82-69-79-56-16-10-11-17-58(56)97-69)59-23-22-54(55-33-77-89(48(55)4)43-74-36-71(8)35-72(9,37-74)39-75(38-71,40-74)95-28-27-85-24-12-13-25-85)61(80-59)67(93)86-41-73(42-86)31-49(32-73)29-60(91)81-63(70(5,6)7)68(94)88-34-52(90)30-57(88)66(92)78-46(2)50-18-20-51(21-19-50)62-47(3)76-44-96-62/h10-11,16-23,33,44,46,49,52,57,63,90H,12-15,24-32,34-43H2,1-9H3,(H,78,92)(H,81,91)(H,79,82,83)/t46-,52+,57-,63?,71-,72+,74?,75?/m0/s1. The van der Waals surface area contributed by atoms with Gasteiger partial charge in [0.15, 0.2) is 16.8 Å². The van der Waals surface area contributed by atoms with E-state index < -0.39 is 29.5 Å². The lowest BCUT2D eigenvalue weighted by Gasteiger charge is -2.69. The fourth-order valence-corrected chi connectivity index (χ4v) is 21.5. The number of aliphatic hydroxyl groups is 1. The number of β-amino-alcohol motifs (C(OH)–C–C–N with tert-alkyl or cyclic N) is 1. The molecule has 4 amide bonds. The smallest absolute Gasteiger partial charge is 0.273 e. The first-order valence-corrected chi connectivity index (χ1v) is 37.1. The molecule has 9 aliphatic rings. The Balaban J connectivity index is 0.639. The lowest BCUT2D eigenvalue weighted by molar-refractivity contribution is -0.248. The first kappa shape index (κ1) is 65.7. The predicted octanol–water partition coefficient (Wildman–Crippen LogP) is 12.1. The minimum atomic E-state index is -0.941. The third-order valence-corrected chi connectivity index (χ3v) is 25.1. The van der Waals surface area contributed by atoms with Crippen LogP contribution in [0.1, 0.15) is 170 Å². The van der Waals surface area contributed by atoms with E-state index in [1.165, 1.54) is 37.3 Å². The number of nitrogens with zero attached hydrogens (tertiary/aromatic N) is 11. The number of anilines is 4. The predicted molar refractivity (Wildman–Crippen MR) is 378 cm³/mol. The number of amides is 4. The minimum absolute atomic E-state index is 0.0103. The molecule has 2 aromatic carbocycles. The molecule has 7 aromatic rings. The molecule has 4 aliphatic heterocycles. The Morgan fingerprint density at radius 3 is 2.32 bits per heavy atom. The summed E-state index contributed by atoms with van der Waals surface area (Å²) in [5, 5.41) is 36.2. The van der Waals surface area contributed by atoms with Crippen molar-refractivity contribution in [3.05, 3.63) is 106 Å². The van der Waals surface area contributed by atoms with Gasteiger partial charge in [-0.15, -0.1) is 21.5 Å². The van der Waals surface area contributed by atoms with Crippen molar-refractivity contribution < 1.29 is 29.0 Å². The van der Waals surface area contributed by atoms with E-state index in [-0.39, 0.29) is 76.3 Å². The second kappa shape index (κ2) is 24.9. The molecule has 5 aliphatic carbocycles. The topological polar surface area (TPSA) is 229 Å². The van der Waals surface area contributed by atoms with Gasteiger partial charge in [0.25, 0.3) is 5.91 Å². The molecule has 512 valence electrons. The van der Waals surface area contributed by atoms with Gasteiger partial charge in [0.05, 0.1) is 56.8 Å². The fraction of sp³-hybridized carbons (Fsp3) is 0.573. The van der Waals surface area contributed by atoms with Crippen molar-refractivity contribution in [3.8, 4) is 21.6 Å². The molecule has 5 aromatic heterocycles. The molecule has 5 saturated carbocycles. The van der Waals surface area contributed by atoms with E-state index in [1.807, 2.05) is 99.8 Å². The summed E-state index contributed by atoms with van der Waals surface area (Å²) >= 11 is 3.17. The SMILES string of the molecule is Cc1ncsc1-c1ccc([C@H](C)NC(=O)[C@@H]2C[C@@H](O)CN2C(=O)C(NC(=O)CC2CC3(C2)CN(C(=O)c2nc(N4CCCc5c4nnc(Nc4nc6ccccc6s4)c5C)ccc2-c2cnn(CC45CC6(OCCN7CCCC7)C[C@](C)(C4)C[C@](C)(C5)C6)c2C)C3)C(C)(C)C)cc1. The molecule has 1 spiro atoms. The lowest BCUT2D eigenvalue weighted by atomic mass is 9.39. The number of nitrogens with one attached hydrogen (secondary N) is 3. The van der Waals surface area contributed by atoms with Crippen molar-refractivity contribution in [1.29, 1.82) is 0 Å². The maximum absolute atomic E-state index is 15.5. The quantitative estimate of drug-likeness (QED) is 0.0590. The van der Waals surface area contributed by atoms with E-state index in [0.29, 0.717) is 37.0 Å². The van der Waals surface area contributed by atoms with Gasteiger partial charge in [-0.25, -0.2) is 15.0 Å². The van der Waals surface area contributed by atoms with Gasteiger partial charge in [-0.1, -0.05) is 82.4 Å². The van der Waals surface area contributed by atoms with Crippen molar-refractivity contribution in [2.75, 3.05) is 62.6 Å². The Hall–Kier alpha value is -7.24. The van der Waals surface area contributed by atoms with Gasteiger partial charge in [-0.05, 0) is 181 Å². The van der Waals surface area contributed by atoms with Gasteiger partial charge >= 0.3 is 0 Å². The minimum Gasteiger partial charge on any atom is -0.391 e. The normalized spacial score (nSPS) is 26.5. The van der Waals surface area contributed by atoms with Gasteiger partial charge in [0.1, 0.15) is 23.6 Å². The number of hydrogen-bond donors (Lipinski definition) is 4. The molecular formula is C75H94N14O6S2. The van der Waals surface area contributed by atoms with Crippen LogP contribution in [-0.2, 0) is 32.1 Å². The van der Waals surface area contributed by atoms with Gasteiger partial charge in [-0.3, -0.25) is 23.9 Å². The summed E-state index contributed by atoms with van der Waals surface area (Å²) in [5.74, 6) is 0.970. The first-order chi connectivity index (χ1) is 46.3. The molecule has 16 rings (SSSR count). The number of para-hydroxylation sites is 1. The Morgan fingerprint density at radius 2 is 1.60 bits per heavy atom. The molecule has 4 N–H and O–H groups in total. The van der Waals surface area contributed by atoms with Crippen LogP contribution in [0.2, 0.25) is 0 Å². The summed E-state index contributed by atoms with van der Waals surface area (Å²) in [6.45, 7) is 25.5. The number of thiazole rings is 2. The summed E-state index contributed by atoms with van der Waals surface area (Å²) in [6, 6.07) is 18.0. The van der Waals surface area contributed by atoms with Crippen molar-refractivity contribution in [3.63, 3.8) is 0 Å². The number of carbonyl (C=O) groups excluding carboxylic acids is 4. The second-order valence-corrected chi connectivity index (χ2v) is 34.4. The van der Waals surface area contributed by atoms with E-state index in [1.54, 1.807) is 22.7 Å². The van der Waals surface area contributed by atoms with Crippen LogP contribution in [0.15, 0.2) is 72.4 Å². The van der Waals surface area contributed by atoms with Gasteiger partial charge in [-0.2, -0.15) is 5.10 Å². The maximum atomic E-state index is 15.5. The van der Waals surface area contributed by atoms with Crippen molar-refractivity contribution in [2.24, 2.45) is 33.0 Å². The molecule has 97 heavy (non-hydrogen) atoms. The zero-order chi connectivity index (χ0) is 67.6. The molecule has 4 bridgehead atoms. The average Bonchev–Trinajstić information content (AvgIpc) is 0.968. The third-order valence-electron chi connectivity index (χ3n) is 23.1. The number of fused-ring (bicyclic) bond motifs is 2. The van der Waals surface area contributed by atoms with Crippen LogP contribution in [-0.4, -0.2) is 155 Å². The summed E-state index contributed by atoms with van der Waals surface area (Å²) in [6.07, 6.45) is 14.0. The molecule has 3 saturated heterocycles. The third kappa shape index (κ3) is 12.7. The highest BCUT2D eigenvalue weighted by Crippen LogP contribution is 2.72. The van der Waals surface area contributed by atoms with Crippen LogP contribution in [0.25, 0.3) is 31.8 Å². The number of pyridine rings is 1. The number of carbonyl (C=O) groups is 4. The molecule has 9 heterocycles. The van der Waals surface area contributed by atoms with Crippen molar-refractivity contribution in [2.45, 2.75) is 189 Å². The Kier molecular flexibility index (Phi) is 16.8. The molecule has 3 unspecified atom stereocenters. The van der Waals surface area contributed by atoms with Crippen molar-refractivity contribution >= 4 is 79.1 Å². The number of rotatable bonds is 19. The molecule has 22 heteroatoms. The largest absolute Gasteiger partial charge is 0.391 e. The van der Waals surface area contributed by atoms with E-state index in [0.717, 1.165) is 148 Å². The molecule has 8 atom stereocenters. The highest BCUT2D eigenvalue weighted by Gasteiger charge is 2.66. The van der Waals surface area contributed by atoms with E-state index in [9.17, 15) is 19.5 Å². The number of aryl methyl sites for hydroxylation is 1. The average molecular weight is 1350 g/mol. The zero-order valence-corrected chi connectivity index (χ0v) is 59.4. The number of benzene rings is 2. The molecule has 0 radical (unpaired) electrons. The van der Waals surface area contributed by atoms with Crippen molar-refractivity contribution in [1.82, 2.24) is 60.3 Å². The highest BCUT2D eigenvalue weighted by molar-refractivity contribution is 7.22. The Bertz CT molecular complexity index is 4140. The highest BCUT2D eigenvalue weighted by atomic mass is 32.1. The monoisotopic (exact) mass is 1350 g/mol. The molecular weight excluding hydrogens is 1260 g/mol. The lowest BCUT2D eigenvalue weighted by Crippen LogP contribution is -2.64. The first-order valence-electron chi connectivity index (χ1n) is 35.4. The van der Waals surface area contributed by atoms with E-state index in [2.05, 4.69) is 75.2 Å². The second-order valence-electron chi connectivity index (χ2n) is 32.5. The number of likely N-dealkylation sites (tertiary alicyclic amines) is 3. The Labute approximate surface area is 577 Å². The number of aromatic nitrogens is 7.